The molecule has 1 aromatic carbocycles. The van der Waals surface area contributed by atoms with Gasteiger partial charge in [-0.15, -0.1) is 0 Å². The molecule has 0 aromatic heterocycles. The maximum atomic E-state index is 9.59. The Bertz CT molecular complexity index is 297. The van der Waals surface area contributed by atoms with Gasteiger partial charge in [0.1, 0.15) is 5.75 Å². The lowest BCUT2D eigenvalue weighted by Crippen LogP contribution is -1.86. The molecule has 1 unspecified atom stereocenters. The lowest BCUT2D eigenvalue weighted by atomic mass is 10.1. The molecule has 0 spiro atoms. The molecule has 0 aliphatic carbocycles. The van der Waals surface area contributed by atoms with Crippen molar-refractivity contribution in [1.82, 2.24) is 0 Å². The Morgan fingerprint density at radius 2 is 1.92 bits per heavy atom. The molecular formula is C8H7Br3O. The van der Waals surface area contributed by atoms with E-state index in [9.17, 15) is 5.11 Å². The van der Waals surface area contributed by atoms with Crippen molar-refractivity contribution in [2.75, 3.05) is 0 Å². The van der Waals surface area contributed by atoms with Crippen molar-refractivity contribution >= 4 is 47.8 Å². The average Bonchev–Trinajstić information content (AvgIpc) is 1.96. The van der Waals surface area contributed by atoms with Crippen LogP contribution in [0.2, 0.25) is 0 Å². The number of rotatable bonds is 1. The molecule has 0 saturated heterocycles. The third-order valence-corrected chi connectivity index (χ3v) is 3.04. The number of aromatic hydroxyl groups is 1. The SMILES string of the molecule is CC(Br)c1cc(Br)cc(Br)c1O. The second kappa shape index (κ2) is 4.11. The third-order valence-electron chi connectivity index (χ3n) is 1.49. The lowest BCUT2D eigenvalue weighted by Gasteiger charge is -2.08. The van der Waals surface area contributed by atoms with Gasteiger partial charge in [-0.05, 0) is 35.0 Å². The standard InChI is InChI=1S/C8H7Br3O/c1-4(9)6-2-5(10)3-7(11)8(6)12/h2-4,12H,1H3. The van der Waals surface area contributed by atoms with Crippen molar-refractivity contribution < 1.29 is 5.11 Å². The highest BCUT2D eigenvalue weighted by atomic mass is 79.9. The van der Waals surface area contributed by atoms with Gasteiger partial charge in [-0.25, -0.2) is 0 Å². The Labute approximate surface area is 96.6 Å². The molecule has 0 fully saturated rings. The smallest absolute Gasteiger partial charge is 0.134 e. The molecule has 0 aliphatic heterocycles. The summed E-state index contributed by atoms with van der Waals surface area (Å²) in [5.41, 5.74) is 0.872. The van der Waals surface area contributed by atoms with Crippen molar-refractivity contribution in [3.05, 3.63) is 26.6 Å². The average molecular weight is 359 g/mol. The number of halogens is 3. The largest absolute Gasteiger partial charge is 0.506 e. The fourth-order valence-corrected chi connectivity index (χ4v) is 2.50. The molecule has 0 amide bonds. The molecule has 0 aliphatic rings. The molecule has 0 heterocycles. The number of phenolic OH excluding ortho intramolecular Hbond substituents is 1. The Balaban J connectivity index is 3.28. The molecule has 1 rings (SSSR count). The summed E-state index contributed by atoms with van der Waals surface area (Å²) in [6.45, 7) is 1.97. The van der Waals surface area contributed by atoms with E-state index in [1.807, 2.05) is 19.1 Å². The van der Waals surface area contributed by atoms with E-state index in [1.54, 1.807) is 0 Å². The van der Waals surface area contributed by atoms with Crippen molar-refractivity contribution in [2.45, 2.75) is 11.8 Å². The quantitative estimate of drug-likeness (QED) is 0.739. The van der Waals surface area contributed by atoms with Crippen LogP contribution in [0.25, 0.3) is 0 Å². The molecule has 0 saturated carbocycles. The van der Waals surface area contributed by atoms with Crippen LogP contribution < -0.4 is 0 Å². The van der Waals surface area contributed by atoms with E-state index in [1.165, 1.54) is 0 Å². The highest BCUT2D eigenvalue weighted by molar-refractivity contribution is 9.11. The van der Waals surface area contributed by atoms with Gasteiger partial charge in [-0.1, -0.05) is 31.9 Å². The summed E-state index contributed by atoms with van der Waals surface area (Å²) in [5, 5.41) is 9.59. The molecule has 1 N–H and O–H groups in total. The Hall–Kier alpha value is 0.460. The number of phenols is 1. The first-order valence-corrected chi connectivity index (χ1v) is 5.84. The van der Waals surface area contributed by atoms with Gasteiger partial charge in [-0.3, -0.25) is 0 Å². The van der Waals surface area contributed by atoms with E-state index in [2.05, 4.69) is 47.8 Å². The zero-order valence-electron chi connectivity index (χ0n) is 6.31. The first-order valence-electron chi connectivity index (χ1n) is 3.34. The van der Waals surface area contributed by atoms with Crippen molar-refractivity contribution in [3.63, 3.8) is 0 Å². The number of alkyl halides is 1. The van der Waals surface area contributed by atoms with E-state index in [-0.39, 0.29) is 4.83 Å². The number of hydrogen-bond donors (Lipinski definition) is 1. The summed E-state index contributed by atoms with van der Waals surface area (Å²) in [6.07, 6.45) is 0. The van der Waals surface area contributed by atoms with Gasteiger partial charge in [0.25, 0.3) is 0 Å². The summed E-state index contributed by atoms with van der Waals surface area (Å²) in [4.78, 5) is 0.145. The van der Waals surface area contributed by atoms with Gasteiger partial charge in [0, 0.05) is 14.9 Å². The van der Waals surface area contributed by atoms with Crippen molar-refractivity contribution in [2.24, 2.45) is 0 Å². The maximum absolute atomic E-state index is 9.59. The fraction of sp³-hybridized carbons (Fsp3) is 0.250. The van der Waals surface area contributed by atoms with Crippen LogP contribution in [0.3, 0.4) is 0 Å². The third kappa shape index (κ3) is 2.24. The van der Waals surface area contributed by atoms with Crippen molar-refractivity contribution in [1.29, 1.82) is 0 Å². The molecule has 4 heteroatoms. The van der Waals surface area contributed by atoms with E-state index in [0.29, 0.717) is 10.2 Å². The zero-order chi connectivity index (χ0) is 9.30. The minimum absolute atomic E-state index is 0.145. The Kier molecular flexibility index (Phi) is 3.61. The van der Waals surface area contributed by atoms with Gasteiger partial charge in [0.15, 0.2) is 0 Å². The first kappa shape index (κ1) is 10.5. The van der Waals surface area contributed by atoms with E-state index in [4.69, 9.17) is 0 Å². The van der Waals surface area contributed by atoms with Crippen LogP contribution in [0.4, 0.5) is 0 Å². The maximum Gasteiger partial charge on any atom is 0.134 e. The van der Waals surface area contributed by atoms with Crippen LogP contribution in [0.1, 0.15) is 17.3 Å². The summed E-state index contributed by atoms with van der Waals surface area (Å²) >= 11 is 10.0. The second-order valence-electron chi connectivity index (χ2n) is 2.44. The minimum Gasteiger partial charge on any atom is -0.506 e. The molecular weight excluding hydrogens is 352 g/mol. The molecule has 0 bridgehead atoms. The summed E-state index contributed by atoms with van der Waals surface area (Å²) < 4.78 is 1.66. The highest BCUT2D eigenvalue weighted by Gasteiger charge is 2.10. The summed E-state index contributed by atoms with van der Waals surface area (Å²) in [5.74, 6) is 0.294. The van der Waals surface area contributed by atoms with Gasteiger partial charge in [0.2, 0.25) is 0 Å². The zero-order valence-corrected chi connectivity index (χ0v) is 11.1. The molecule has 12 heavy (non-hydrogen) atoms. The van der Waals surface area contributed by atoms with Crippen LogP contribution in [0.15, 0.2) is 21.1 Å². The van der Waals surface area contributed by atoms with E-state index >= 15 is 0 Å². The topological polar surface area (TPSA) is 20.2 Å². The Morgan fingerprint density at radius 3 is 2.42 bits per heavy atom. The van der Waals surface area contributed by atoms with E-state index < -0.39 is 0 Å². The molecule has 0 radical (unpaired) electrons. The first-order chi connectivity index (χ1) is 5.52. The van der Waals surface area contributed by atoms with Gasteiger partial charge in [-0.2, -0.15) is 0 Å². The van der Waals surface area contributed by atoms with Crippen LogP contribution >= 0.6 is 47.8 Å². The normalized spacial score (nSPS) is 13.0. The summed E-state index contributed by atoms with van der Waals surface area (Å²) in [7, 11) is 0. The van der Waals surface area contributed by atoms with Gasteiger partial charge < -0.3 is 5.11 Å². The van der Waals surface area contributed by atoms with Gasteiger partial charge in [0.05, 0.1) is 4.47 Å². The number of hydrogen-bond acceptors (Lipinski definition) is 1. The predicted molar refractivity (Wildman–Crippen MR) is 60.8 cm³/mol. The van der Waals surface area contributed by atoms with Crippen LogP contribution in [-0.2, 0) is 0 Å². The van der Waals surface area contributed by atoms with Crippen LogP contribution in [0, 0.1) is 0 Å². The summed E-state index contributed by atoms with van der Waals surface area (Å²) in [6, 6.07) is 3.70. The van der Waals surface area contributed by atoms with Crippen LogP contribution in [0.5, 0.6) is 5.75 Å². The van der Waals surface area contributed by atoms with Crippen LogP contribution in [-0.4, -0.2) is 5.11 Å². The number of benzene rings is 1. The molecule has 1 atom stereocenters. The minimum atomic E-state index is 0.145. The molecule has 66 valence electrons. The second-order valence-corrected chi connectivity index (χ2v) is 5.58. The lowest BCUT2D eigenvalue weighted by molar-refractivity contribution is 0.465. The van der Waals surface area contributed by atoms with E-state index in [0.717, 1.165) is 10.0 Å². The van der Waals surface area contributed by atoms with Gasteiger partial charge >= 0.3 is 0 Å². The van der Waals surface area contributed by atoms with Crippen molar-refractivity contribution in [3.8, 4) is 5.75 Å². The fourth-order valence-electron chi connectivity index (χ4n) is 0.889. The molecule has 1 nitrogen and oxygen atoms in total. The Morgan fingerprint density at radius 1 is 1.33 bits per heavy atom. The molecule has 1 aromatic rings. The predicted octanol–water partition coefficient (Wildman–Crippen LogP) is 4.37. The monoisotopic (exact) mass is 356 g/mol. The highest BCUT2D eigenvalue weighted by Crippen LogP contribution is 2.37.